The number of amides is 1. The lowest BCUT2D eigenvalue weighted by atomic mass is 10.1. The van der Waals surface area contributed by atoms with Crippen molar-refractivity contribution in [3.8, 4) is 0 Å². The quantitative estimate of drug-likeness (QED) is 0.589. The second-order valence-electron chi connectivity index (χ2n) is 6.38. The number of esters is 1. The Balaban J connectivity index is 2.04. The summed E-state index contributed by atoms with van der Waals surface area (Å²) in [6.45, 7) is 5.04. The lowest BCUT2D eigenvalue weighted by molar-refractivity contribution is -0.141. The van der Waals surface area contributed by atoms with Gasteiger partial charge in [0, 0.05) is 23.4 Å². The maximum atomic E-state index is 12.9. The topological polar surface area (TPSA) is 73.2 Å². The molecule has 0 saturated heterocycles. The van der Waals surface area contributed by atoms with Crippen molar-refractivity contribution in [2.45, 2.75) is 52.3 Å². The molecule has 1 amide bonds. The molecule has 1 fully saturated rings. The number of halogens is 3. The van der Waals surface area contributed by atoms with Crippen LogP contribution >= 0.6 is 0 Å². The molecule has 0 bridgehead atoms. The molecule has 1 aromatic heterocycles. The third-order valence-corrected chi connectivity index (χ3v) is 3.93. The van der Waals surface area contributed by atoms with Crippen LogP contribution in [-0.2, 0) is 27.0 Å². The summed E-state index contributed by atoms with van der Waals surface area (Å²) in [5.74, 6) is -1.54. The summed E-state index contributed by atoms with van der Waals surface area (Å²) < 4.78 is 44.8. The highest BCUT2D eigenvalue weighted by Gasteiger charge is 2.38. The van der Waals surface area contributed by atoms with Gasteiger partial charge in [-0.3, -0.25) is 9.48 Å². The third kappa shape index (κ3) is 5.34. The normalized spacial score (nSPS) is 16.3. The van der Waals surface area contributed by atoms with Crippen LogP contribution in [0.2, 0.25) is 0 Å². The summed E-state index contributed by atoms with van der Waals surface area (Å²) >= 11 is 0. The van der Waals surface area contributed by atoms with E-state index in [0.717, 1.165) is 25.0 Å². The van der Waals surface area contributed by atoms with Crippen LogP contribution in [-0.4, -0.2) is 28.3 Å². The van der Waals surface area contributed by atoms with Crippen LogP contribution in [0.4, 0.5) is 13.2 Å². The molecule has 1 N–H and O–H groups in total. The van der Waals surface area contributed by atoms with Crippen molar-refractivity contribution in [2.75, 3.05) is 6.61 Å². The van der Waals surface area contributed by atoms with Crippen LogP contribution in [0.1, 0.15) is 50.9 Å². The molecule has 1 unspecified atom stereocenters. The van der Waals surface area contributed by atoms with Crippen molar-refractivity contribution in [3.05, 3.63) is 29.2 Å². The maximum Gasteiger partial charge on any atom is 0.435 e. The monoisotopic (exact) mass is 373 g/mol. The molecule has 1 aliphatic rings. The number of carbonyl (C=O) groups excluding carboxylic acids is 2. The van der Waals surface area contributed by atoms with Gasteiger partial charge in [0.2, 0.25) is 5.91 Å². The third-order valence-electron chi connectivity index (χ3n) is 3.93. The van der Waals surface area contributed by atoms with Gasteiger partial charge in [-0.2, -0.15) is 18.3 Å². The van der Waals surface area contributed by atoms with Gasteiger partial charge in [0.25, 0.3) is 0 Å². The molecule has 6 nitrogen and oxygen atoms in total. The van der Waals surface area contributed by atoms with E-state index in [1.807, 2.05) is 0 Å². The highest BCUT2D eigenvalue weighted by atomic mass is 19.4. The molecule has 1 atom stereocenters. The molecule has 0 aliphatic heterocycles. The Morgan fingerprint density at radius 3 is 2.65 bits per heavy atom. The number of ether oxygens (including phenoxy) is 1. The zero-order valence-corrected chi connectivity index (χ0v) is 14.9. The van der Waals surface area contributed by atoms with Crippen molar-refractivity contribution in [3.63, 3.8) is 0 Å². The summed E-state index contributed by atoms with van der Waals surface area (Å²) in [5.41, 5.74) is -0.125. The largest absolute Gasteiger partial charge is 0.463 e. The summed E-state index contributed by atoms with van der Waals surface area (Å²) in [7, 11) is 0. The van der Waals surface area contributed by atoms with Crippen molar-refractivity contribution in [2.24, 2.45) is 5.92 Å². The van der Waals surface area contributed by atoms with E-state index < -0.39 is 29.7 Å². The van der Waals surface area contributed by atoms with Gasteiger partial charge >= 0.3 is 12.1 Å². The van der Waals surface area contributed by atoms with E-state index in [4.69, 9.17) is 4.74 Å². The number of alkyl halides is 3. The fraction of sp³-hybridized carbons (Fsp3) is 0.588. The van der Waals surface area contributed by atoms with Crippen molar-refractivity contribution >= 4 is 11.9 Å². The first-order valence-corrected chi connectivity index (χ1v) is 8.42. The Morgan fingerprint density at radius 2 is 2.12 bits per heavy atom. The van der Waals surface area contributed by atoms with Gasteiger partial charge in [-0.15, -0.1) is 0 Å². The average Bonchev–Trinajstić information content (AvgIpc) is 3.26. The molecule has 9 heteroatoms. The lowest BCUT2D eigenvalue weighted by Crippen LogP contribution is -2.31. The molecule has 0 spiro atoms. The fourth-order valence-electron chi connectivity index (χ4n) is 2.48. The van der Waals surface area contributed by atoms with Crippen molar-refractivity contribution < 1.29 is 27.5 Å². The summed E-state index contributed by atoms with van der Waals surface area (Å²) in [6, 6.07) is 1.06. The SMILES string of the molecule is CCOC(=O)/C=C(\C)NC(=O)C(C)Cn1nc(C(F)(F)F)cc1C1CC1. The van der Waals surface area contributed by atoms with E-state index in [0.29, 0.717) is 11.4 Å². The van der Waals surface area contributed by atoms with Gasteiger partial charge in [0.05, 0.1) is 19.1 Å². The van der Waals surface area contributed by atoms with Gasteiger partial charge in [-0.1, -0.05) is 6.92 Å². The van der Waals surface area contributed by atoms with Crippen LogP contribution in [0.5, 0.6) is 0 Å². The zero-order chi connectivity index (χ0) is 19.5. The molecule has 1 saturated carbocycles. The number of carbonyl (C=O) groups is 2. The predicted octanol–water partition coefficient (Wildman–Crippen LogP) is 3.00. The van der Waals surface area contributed by atoms with E-state index in [1.54, 1.807) is 13.8 Å². The molecule has 0 aromatic carbocycles. The number of aromatic nitrogens is 2. The van der Waals surface area contributed by atoms with Gasteiger partial charge in [-0.05, 0) is 32.8 Å². The predicted molar refractivity (Wildman–Crippen MR) is 86.9 cm³/mol. The summed E-state index contributed by atoms with van der Waals surface area (Å²) in [5, 5.41) is 6.19. The maximum absolute atomic E-state index is 12.9. The second-order valence-corrected chi connectivity index (χ2v) is 6.38. The number of rotatable bonds is 7. The molecule has 144 valence electrons. The molecule has 1 aliphatic carbocycles. The van der Waals surface area contributed by atoms with Crippen LogP contribution in [0.15, 0.2) is 17.8 Å². The summed E-state index contributed by atoms with van der Waals surface area (Å²) in [4.78, 5) is 23.6. The van der Waals surface area contributed by atoms with Crippen molar-refractivity contribution in [1.29, 1.82) is 0 Å². The van der Waals surface area contributed by atoms with E-state index in [-0.39, 0.29) is 19.1 Å². The van der Waals surface area contributed by atoms with Gasteiger partial charge in [0.15, 0.2) is 5.69 Å². The molecule has 0 radical (unpaired) electrons. The van der Waals surface area contributed by atoms with E-state index >= 15 is 0 Å². The van der Waals surface area contributed by atoms with E-state index in [1.165, 1.54) is 11.6 Å². The Hall–Kier alpha value is -2.32. The lowest BCUT2D eigenvalue weighted by Gasteiger charge is -2.14. The number of hydrogen-bond donors (Lipinski definition) is 1. The Bertz CT molecular complexity index is 706. The first-order valence-electron chi connectivity index (χ1n) is 8.42. The van der Waals surface area contributed by atoms with Crippen LogP contribution < -0.4 is 5.32 Å². The van der Waals surface area contributed by atoms with E-state index in [9.17, 15) is 22.8 Å². The number of allylic oxidation sites excluding steroid dienone is 1. The highest BCUT2D eigenvalue weighted by molar-refractivity contribution is 5.85. The number of hydrogen-bond acceptors (Lipinski definition) is 4. The molecule has 1 heterocycles. The zero-order valence-electron chi connectivity index (χ0n) is 14.9. The Morgan fingerprint density at radius 1 is 1.46 bits per heavy atom. The number of nitrogens with one attached hydrogen (secondary N) is 1. The van der Waals surface area contributed by atoms with Crippen LogP contribution in [0, 0.1) is 5.92 Å². The standard InChI is InChI=1S/C17H22F3N3O3/c1-4-26-15(24)7-11(3)21-16(25)10(2)9-23-13(12-5-6-12)8-14(22-23)17(18,19)20/h7-8,10,12H,4-6,9H2,1-3H3,(H,21,25)/b11-7+. The minimum Gasteiger partial charge on any atom is -0.463 e. The summed E-state index contributed by atoms with van der Waals surface area (Å²) in [6.07, 6.45) is -1.71. The van der Waals surface area contributed by atoms with Crippen LogP contribution in [0.3, 0.4) is 0 Å². The molecular formula is C17H22F3N3O3. The highest BCUT2D eigenvalue weighted by Crippen LogP contribution is 2.42. The first-order chi connectivity index (χ1) is 12.1. The Kier molecular flexibility index (Phi) is 6.09. The number of nitrogens with zero attached hydrogens (tertiary/aromatic N) is 2. The molecule has 2 rings (SSSR count). The second kappa shape index (κ2) is 7.92. The average molecular weight is 373 g/mol. The van der Waals surface area contributed by atoms with Crippen LogP contribution in [0.25, 0.3) is 0 Å². The minimum atomic E-state index is -4.51. The van der Waals surface area contributed by atoms with Gasteiger partial charge in [-0.25, -0.2) is 4.79 Å². The molecular weight excluding hydrogens is 351 g/mol. The van der Waals surface area contributed by atoms with Crippen molar-refractivity contribution in [1.82, 2.24) is 15.1 Å². The first kappa shape index (κ1) is 20.0. The smallest absolute Gasteiger partial charge is 0.435 e. The van der Waals surface area contributed by atoms with E-state index in [2.05, 4.69) is 10.4 Å². The minimum absolute atomic E-state index is 0.0282. The Labute approximate surface area is 149 Å². The molecule has 1 aromatic rings. The van der Waals surface area contributed by atoms with Gasteiger partial charge < -0.3 is 10.1 Å². The van der Waals surface area contributed by atoms with Gasteiger partial charge in [0.1, 0.15) is 0 Å². The molecule has 26 heavy (non-hydrogen) atoms. The fourth-order valence-corrected chi connectivity index (χ4v) is 2.48.